The first-order chi connectivity index (χ1) is 32.7. The number of anilines is 6. The molecule has 66 heavy (non-hydrogen) atoms. The molecule has 310 valence electrons. The van der Waals surface area contributed by atoms with Gasteiger partial charge in [0, 0.05) is 61.7 Å². The van der Waals surface area contributed by atoms with Crippen LogP contribution in [0, 0.1) is 0 Å². The predicted octanol–water partition coefficient (Wildman–Crippen LogP) is 18.1. The van der Waals surface area contributed by atoms with Crippen LogP contribution in [0.1, 0.15) is 0 Å². The van der Waals surface area contributed by atoms with Crippen molar-refractivity contribution >= 4 is 99.5 Å². The molecule has 13 aromatic rings. The Kier molecular flexibility index (Phi) is 8.81. The van der Waals surface area contributed by atoms with Crippen LogP contribution in [0.25, 0.3) is 87.7 Å². The van der Waals surface area contributed by atoms with Gasteiger partial charge in [-0.15, -0.1) is 0 Å². The van der Waals surface area contributed by atoms with Crippen molar-refractivity contribution in [2.24, 2.45) is 0 Å². The second-order valence-electron chi connectivity index (χ2n) is 16.9. The Balaban J connectivity index is 1.06. The van der Waals surface area contributed by atoms with Gasteiger partial charge in [0.05, 0.1) is 0 Å². The summed E-state index contributed by atoms with van der Waals surface area (Å²) in [7, 11) is 0. The molecule has 11 aromatic carbocycles. The number of hydrogen-bond donors (Lipinski definition) is 0. The monoisotopic (exact) mass is 844 g/mol. The molecule has 0 bridgehead atoms. The van der Waals surface area contributed by atoms with Crippen molar-refractivity contribution in [1.82, 2.24) is 0 Å². The first-order valence-electron chi connectivity index (χ1n) is 22.4. The predicted molar refractivity (Wildman–Crippen MR) is 276 cm³/mol. The number of hydrogen-bond acceptors (Lipinski definition) is 4. The van der Waals surface area contributed by atoms with Crippen LogP contribution in [0.15, 0.2) is 251 Å². The van der Waals surface area contributed by atoms with Crippen LogP contribution in [-0.4, -0.2) is 0 Å². The van der Waals surface area contributed by atoms with E-state index in [1.807, 2.05) is 24.3 Å². The van der Waals surface area contributed by atoms with Gasteiger partial charge in [-0.25, -0.2) is 0 Å². The lowest BCUT2D eigenvalue weighted by atomic mass is 9.98. The lowest BCUT2D eigenvalue weighted by molar-refractivity contribution is 0.669. The standard InChI is InChI=1S/C62H40N2O2/c1-4-14-41(15-5-1)43-26-29-48(30-27-43)63(47-18-8-3-9-19-47)51-34-46(42-16-6-2-7-17-42)35-52(37-51)64(50-32-33-55-53-20-10-12-22-59(53)66-62(55)39-50)49-31-28-44-24-25-45-36-61-58(40-57(45)56(44)38-49)54-21-11-13-23-60(54)65-61/h1-40H. The first-order valence-corrected chi connectivity index (χ1v) is 22.4. The van der Waals surface area contributed by atoms with Crippen LogP contribution in [0.2, 0.25) is 0 Å². The third-order valence-electron chi connectivity index (χ3n) is 13.0. The topological polar surface area (TPSA) is 32.8 Å². The van der Waals surface area contributed by atoms with E-state index in [1.165, 1.54) is 21.9 Å². The second-order valence-corrected chi connectivity index (χ2v) is 16.9. The van der Waals surface area contributed by atoms with E-state index >= 15 is 0 Å². The van der Waals surface area contributed by atoms with E-state index in [-0.39, 0.29) is 0 Å². The highest BCUT2D eigenvalue weighted by Crippen LogP contribution is 2.46. The number of rotatable bonds is 8. The van der Waals surface area contributed by atoms with E-state index in [4.69, 9.17) is 8.83 Å². The van der Waals surface area contributed by atoms with Gasteiger partial charge in [0.25, 0.3) is 0 Å². The Morgan fingerprint density at radius 3 is 1.36 bits per heavy atom. The van der Waals surface area contributed by atoms with Crippen LogP contribution < -0.4 is 9.80 Å². The summed E-state index contributed by atoms with van der Waals surface area (Å²) in [5.74, 6) is 0. The molecule has 0 aliphatic heterocycles. The smallest absolute Gasteiger partial charge is 0.137 e. The fourth-order valence-corrected chi connectivity index (χ4v) is 9.81. The summed E-state index contributed by atoms with van der Waals surface area (Å²) in [6.45, 7) is 0. The second kappa shape index (κ2) is 15.4. The highest BCUT2D eigenvalue weighted by molar-refractivity contribution is 6.17. The normalized spacial score (nSPS) is 11.6. The van der Waals surface area contributed by atoms with Crippen molar-refractivity contribution in [2.75, 3.05) is 9.80 Å². The maximum absolute atomic E-state index is 6.58. The number of nitrogens with zero attached hydrogens (tertiary/aromatic N) is 2. The average Bonchev–Trinajstić information content (AvgIpc) is 3.94. The van der Waals surface area contributed by atoms with Gasteiger partial charge >= 0.3 is 0 Å². The molecule has 0 atom stereocenters. The molecule has 0 aliphatic carbocycles. The Morgan fingerprint density at radius 1 is 0.212 bits per heavy atom. The molecular formula is C62H40N2O2. The summed E-state index contributed by atoms with van der Waals surface area (Å²) in [5.41, 5.74) is 14.2. The van der Waals surface area contributed by atoms with Crippen molar-refractivity contribution in [3.8, 4) is 22.3 Å². The minimum Gasteiger partial charge on any atom is -0.456 e. The maximum atomic E-state index is 6.58. The summed E-state index contributed by atoms with van der Waals surface area (Å²) < 4.78 is 12.9. The molecule has 0 radical (unpaired) electrons. The molecule has 0 spiro atoms. The van der Waals surface area contributed by atoms with Gasteiger partial charge in [-0.05, 0) is 135 Å². The van der Waals surface area contributed by atoms with Crippen LogP contribution in [0.4, 0.5) is 34.1 Å². The summed E-state index contributed by atoms with van der Waals surface area (Å²) >= 11 is 0. The molecule has 0 unspecified atom stereocenters. The van der Waals surface area contributed by atoms with Gasteiger partial charge in [0.15, 0.2) is 0 Å². The van der Waals surface area contributed by atoms with Crippen LogP contribution in [-0.2, 0) is 0 Å². The van der Waals surface area contributed by atoms with Crippen LogP contribution >= 0.6 is 0 Å². The largest absolute Gasteiger partial charge is 0.456 e. The molecule has 2 aromatic heterocycles. The van der Waals surface area contributed by atoms with E-state index in [0.717, 1.165) is 99.9 Å². The van der Waals surface area contributed by atoms with Crippen molar-refractivity contribution in [3.63, 3.8) is 0 Å². The molecule has 0 saturated carbocycles. The summed E-state index contributed by atoms with van der Waals surface area (Å²) in [4.78, 5) is 4.74. The highest BCUT2D eigenvalue weighted by Gasteiger charge is 2.22. The third kappa shape index (κ3) is 6.46. The van der Waals surface area contributed by atoms with Crippen LogP contribution in [0.3, 0.4) is 0 Å². The van der Waals surface area contributed by atoms with E-state index in [9.17, 15) is 0 Å². The summed E-state index contributed by atoms with van der Waals surface area (Å²) in [6, 6.07) is 86.7. The van der Waals surface area contributed by atoms with Crippen molar-refractivity contribution in [2.45, 2.75) is 0 Å². The van der Waals surface area contributed by atoms with Gasteiger partial charge in [0.2, 0.25) is 0 Å². The molecule has 13 rings (SSSR count). The van der Waals surface area contributed by atoms with Gasteiger partial charge < -0.3 is 18.6 Å². The zero-order valence-electron chi connectivity index (χ0n) is 35.8. The third-order valence-corrected chi connectivity index (χ3v) is 13.0. The molecular weight excluding hydrogens is 805 g/mol. The molecule has 0 N–H and O–H groups in total. The molecule has 0 amide bonds. The number of furan rings is 2. The Labute approximate surface area is 381 Å². The lowest BCUT2D eigenvalue weighted by Gasteiger charge is -2.30. The van der Waals surface area contributed by atoms with E-state index in [0.29, 0.717) is 0 Å². The molecule has 0 saturated heterocycles. The summed E-state index contributed by atoms with van der Waals surface area (Å²) in [5, 5.41) is 9.05. The number of fused-ring (bicyclic) bond motifs is 9. The average molecular weight is 845 g/mol. The SMILES string of the molecule is c1ccc(-c2ccc(N(c3ccccc3)c3cc(-c4ccccc4)cc(N(c4ccc5c(c4)oc4ccccc45)c4ccc5ccc6cc7oc8ccccc8c7cc6c5c4)c3)cc2)cc1. The molecule has 4 heteroatoms. The molecule has 0 aliphatic rings. The number of benzene rings is 11. The fraction of sp³-hybridized carbons (Fsp3) is 0. The van der Waals surface area contributed by atoms with Gasteiger partial charge in [-0.3, -0.25) is 0 Å². The van der Waals surface area contributed by atoms with E-state index < -0.39 is 0 Å². The van der Waals surface area contributed by atoms with E-state index in [1.54, 1.807) is 0 Å². The molecule has 2 heterocycles. The van der Waals surface area contributed by atoms with Crippen molar-refractivity contribution < 1.29 is 8.83 Å². The lowest BCUT2D eigenvalue weighted by Crippen LogP contribution is -2.13. The summed E-state index contributed by atoms with van der Waals surface area (Å²) in [6.07, 6.45) is 0. The number of para-hydroxylation sites is 3. The Morgan fingerprint density at radius 2 is 0.667 bits per heavy atom. The fourth-order valence-electron chi connectivity index (χ4n) is 9.81. The van der Waals surface area contributed by atoms with Gasteiger partial charge in [-0.1, -0.05) is 146 Å². The molecule has 4 nitrogen and oxygen atoms in total. The van der Waals surface area contributed by atoms with Crippen LogP contribution in [0.5, 0.6) is 0 Å². The van der Waals surface area contributed by atoms with Gasteiger partial charge in [-0.2, -0.15) is 0 Å². The Bertz CT molecular complexity index is 3930. The quantitative estimate of drug-likeness (QED) is 0.143. The minimum atomic E-state index is 0.836. The minimum absolute atomic E-state index is 0.836. The first kappa shape index (κ1) is 37.7. The zero-order valence-corrected chi connectivity index (χ0v) is 35.8. The Hall–Kier alpha value is -8.86. The molecule has 0 fully saturated rings. The van der Waals surface area contributed by atoms with Crippen molar-refractivity contribution in [3.05, 3.63) is 243 Å². The zero-order chi connectivity index (χ0) is 43.6. The van der Waals surface area contributed by atoms with Crippen molar-refractivity contribution in [1.29, 1.82) is 0 Å². The maximum Gasteiger partial charge on any atom is 0.137 e. The van der Waals surface area contributed by atoms with Gasteiger partial charge in [0.1, 0.15) is 22.3 Å². The highest BCUT2D eigenvalue weighted by atomic mass is 16.3. The van der Waals surface area contributed by atoms with E-state index in [2.05, 4.69) is 228 Å².